The van der Waals surface area contributed by atoms with Crippen molar-refractivity contribution >= 4 is 53.2 Å². The van der Waals surface area contributed by atoms with Gasteiger partial charge >= 0.3 is 5.97 Å². The summed E-state index contributed by atoms with van der Waals surface area (Å²) in [6, 6.07) is 3.91. The molecular weight excluding hydrogens is 272 g/mol. The molecule has 8 heteroatoms. The molecular formula is C10H7ClFN3NaO2. The van der Waals surface area contributed by atoms with E-state index < -0.39 is 11.8 Å². The van der Waals surface area contributed by atoms with Crippen molar-refractivity contribution in [2.75, 3.05) is 7.11 Å². The minimum atomic E-state index is -0.807. The predicted octanol–water partition coefficient (Wildman–Crippen LogP) is 2.92. The quantitative estimate of drug-likeness (QED) is 0.213. The Balaban J connectivity index is 0.00000289. The van der Waals surface area contributed by atoms with Crippen LogP contribution >= 0.6 is 11.6 Å². The minimum absolute atomic E-state index is 0. The molecule has 5 nitrogen and oxygen atoms in total. The van der Waals surface area contributed by atoms with Crippen LogP contribution in [0.25, 0.3) is 16.5 Å². The number of rotatable bonds is 3. The van der Waals surface area contributed by atoms with Crippen molar-refractivity contribution < 1.29 is 13.9 Å². The van der Waals surface area contributed by atoms with E-state index in [2.05, 4.69) is 14.8 Å². The van der Waals surface area contributed by atoms with E-state index in [1.54, 1.807) is 0 Å². The number of halogens is 2. The number of hydrogen-bond donors (Lipinski definition) is 0. The fourth-order valence-corrected chi connectivity index (χ4v) is 1.16. The summed E-state index contributed by atoms with van der Waals surface area (Å²) in [5.74, 6) is -1.44. The second kappa shape index (κ2) is 8.13. The van der Waals surface area contributed by atoms with Crippen molar-refractivity contribution in [2.24, 2.45) is 5.11 Å². The van der Waals surface area contributed by atoms with Gasteiger partial charge in [-0.25, -0.2) is 9.18 Å². The van der Waals surface area contributed by atoms with Crippen molar-refractivity contribution in [1.82, 2.24) is 0 Å². The van der Waals surface area contributed by atoms with Crippen LogP contribution in [0.4, 0.5) is 4.39 Å². The fourth-order valence-electron chi connectivity index (χ4n) is 1.04. The molecule has 1 aromatic rings. The van der Waals surface area contributed by atoms with Crippen molar-refractivity contribution in [3.05, 3.63) is 50.7 Å². The van der Waals surface area contributed by atoms with Crippen LogP contribution in [0, 0.1) is 5.82 Å². The van der Waals surface area contributed by atoms with E-state index in [1.807, 2.05) is 0 Å². The second-order valence-corrected chi connectivity index (χ2v) is 3.29. The van der Waals surface area contributed by atoms with Gasteiger partial charge in [-0.3, -0.25) is 0 Å². The second-order valence-electron chi connectivity index (χ2n) is 2.88. The molecule has 18 heavy (non-hydrogen) atoms. The SMILES string of the molecule is COC(=O)C(=Cc1ccc(Cl)c(F)c1)N=[N+]=[N-].[Na]. The van der Waals surface area contributed by atoms with E-state index in [0.29, 0.717) is 5.56 Å². The molecule has 0 aliphatic heterocycles. The fraction of sp³-hybridized carbons (Fsp3) is 0.100. The summed E-state index contributed by atoms with van der Waals surface area (Å²) in [6.07, 6.45) is 1.20. The van der Waals surface area contributed by atoms with Crippen LogP contribution in [0.1, 0.15) is 5.56 Å². The Hall–Kier alpha value is -1.04. The van der Waals surface area contributed by atoms with Crippen molar-refractivity contribution in [3.8, 4) is 0 Å². The Bertz CT molecular complexity index is 530. The molecule has 1 rings (SSSR count). The average molecular weight is 279 g/mol. The van der Waals surface area contributed by atoms with Crippen LogP contribution in [0.3, 0.4) is 0 Å². The first-order valence-corrected chi connectivity index (χ1v) is 4.76. The number of nitrogens with zero attached hydrogens (tertiary/aromatic N) is 3. The number of esters is 1. The first-order chi connectivity index (χ1) is 8.08. The summed E-state index contributed by atoms with van der Waals surface area (Å²) in [5, 5.41) is 3.12. The van der Waals surface area contributed by atoms with Gasteiger partial charge < -0.3 is 4.74 Å². The maximum absolute atomic E-state index is 13.1. The van der Waals surface area contributed by atoms with Gasteiger partial charge in [0.15, 0.2) is 0 Å². The summed E-state index contributed by atoms with van der Waals surface area (Å²) in [6.45, 7) is 0. The maximum atomic E-state index is 13.1. The van der Waals surface area contributed by atoms with E-state index >= 15 is 0 Å². The van der Waals surface area contributed by atoms with Gasteiger partial charge in [0, 0.05) is 34.5 Å². The molecule has 0 aromatic heterocycles. The number of azide groups is 1. The van der Waals surface area contributed by atoms with Crippen LogP contribution in [-0.2, 0) is 9.53 Å². The van der Waals surface area contributed by atoms with E-state index in [9.17, 15) is 9.18 Å². The summed E-state index contributed by atoms with van der Waals surface area (Å²) >= 11 is 5.50. The molecule has 0 unspecified atom stereocenters. The molecule has 0 heterocycles. The number of carbonyl (C=O) groups is 1. The zero-order chi connectivity index (χ0) is 12.8. The topological polar surface area (TPSA) is 75.1 Å². The summed E-state index contributed by atoms with van der Waals surface area (Å²) in [4.78, 5) is 13.7. The molecule has 89 valence electrons. The normalized spacial score (nSPS) is 10.1. The number of ether oxygens (including phenoxy) is 1. The van der Waals surface area contributed by atoms with Gasteiger partial charge in [0.25, 0.3) is 0 Å². The number of benzene rings is 1. The van der Waals surface area contributed by atoms with Crippen molar-refractivity contribution in [1.29, 1.82) is 0 Å². The minimum Gasteiger partial charge on any atom is -0.466 e. The summed E-state index contributed by atoms with van der Waals surface area (Å²) in [7, 11) is 1.14. The molecule has 0 N–H and O–H groups in total. The monoisotopic (exact) mass is 278 g/mol. The molecule has 0 amide bonds. The third-order valence-corrected chi connectivity index (χ3v) is 2.10. The Labute approximate surface area is 129 Å². The van der Waals surface area contributed by atoms with Crippen LogP contribution in [-0.4, -0.2) is 42.6 Å². The first kappa shape index (κ1) is 17.0. The summed E-state index contributed by atoms with van der Waals surface area (Å²) < 4.78 is 17.5. The molecule has 0 bridgehead atoms. The molecule has 0 aliphatic carbocycles. The van der Waals surface area contributed by atoms with E-state index in [-0.39, 0.29) is 40.3 Å². The standard InChI is InChI=1S/C10H7ClFN3O2.Na/c1-17-10(16)9(14-15-13)5-6-2-3-7(11)8(12)4-6;/h2-5H,1H3;. The van der Waals surface area contributed by atoms with Crippen LogP contribution in [0.15, 0.2) is 29.0 Å². The molecule has 0 spiro atoms. The molecule has 0 aliphatic rings. The van der Waals surface area contributed by atoms with E-state index in [4.69, 9.17) is 17.1 Å². The van der Waals surface area contributed by atoms with Gasteiger partial charge in [0.1, 0.15) is 11.5 Å². The largest absolute Gasteiger partial charge is 0.466 e. The Morgan fingerprint density at radius 1 is 1.61 bits per heavy atom. The first-order valence-electron chi connectivity index (χ1n) is 4.38. The predicted molar refractivity (Wildman–Crippen MR) is 66.3 cm³/mol. The number of carbonyl (C=O) groups excluding carboxylic acids is 1. The van der Waals surface area contributed by atoms with E-state index in [0.717, 1.165) is 13.2 Å². The van der Waals surface area contributed by atoms with Gasteiger partial charge in [0.2, 0.25) is 0 Å². The third-order valence-electron chi connectivity index (χ3n) is 1.79. The Morgan fingerprint density at radius 3 is 2.78 bits per heavy atom. The van der Waals surface area contributed by atoms with E-state index in [1.165, 1.54) is 18.2 Å². The van der Waals surface area contributed by atoms with Crippen LogP contribution < -0.4 is 0 Å². The molecule has 1 radical (unpaired) electrons. The van der Waals surface area contributed by atoms with Crippen molar-refractivity contribution in [2.45, 2.75) is 0 Å². The molecule has 1 aromatic carbocycles. The Kier molecular flexibility index (Phi) is 7.66. The average Bonchev–Trinajstić information content (AvgIpc) is 2.32. The van der Waals surface area contributed by atoms with Gasteiger partial charge in [-0.2, -0.15) is 0 Å². The Morgan fingerprint density at radius 2 is 2.28 bits per heavy atom. The van der Waals surface area contributed by atoms with Gasteiger partial charge in [-0.05, 0) is 29.3 Å². The smallest absolute Gasteiger partial charge is 0.340 e. The molecule has 0 atom stereocenters. The van der Waals surface area contributed by atoms with Gasteiger partial charge in [-0.1, -0.05) is 22.8 Å². The molecule has 0 fully saturated rings. The van der Waals surface area contributed by atoms with Crippen LogP contribution in [0.5, 0.6) is 0 Å². The van der Waals surface area contributed by atoms with Crippen LogP contribution in [0.2, 0.25) is 5.02 Å². The maximum Gasteiger partial charge on any atom is 0.340 e. The third kappa shape index (κ3) is 4.68. The zero-order valence-corrected chi connectivity index (χ0v) is 12.5. The van der Waals surface area contributed by atoms with Crippen molar-refractivity contribution in [3.63, 3.8) is 0 Å². The number of hydrogen-bond acceptors (Lipinski definition) is 3. The molecule has 0 saturated heterocycles. The van der Waals surface area contributed by atoms with Gasteiger partial charge in [-0.15, -0.1) is 0 Å². The zero-order valence-electron chi connectivity index (χ0n) is 9.72. The summed E-state index contributed by atoms with van der Waals surface area (Å²) in [5.41, 5.74) is 8.34. The number of methoxy groups -OCH3 is 1. The van der Waals surface area contributed by atoms with Gasteiger partial charge in [0.05, 0.1) is 12.1 Å². The molecule has 0 saturated carbocycles.